The van der Waals surface area contributed by atoms with Gasteiger partial charge in [-0.3, -0.25) is 0 Å². The van der Waals surface area contributed by atoms with Gasteiger partial charge in [0.25, 0.3) is 0 Å². The molecule has 4 rings (SSSR count). The molecular formula is C22H20O3Se. The van der Waals surface area contributed by atoms with E-state index in [0.29, 0.717) is 23.3 Å². The molecule has 0 spiro atoms. The molecule has 1 unspecified atom stereocenters. The van der Waals surface area contributed by atoms with E-state index in [1.165, 1.54) is 10.0 Å². The summed E-state index contributed by atoms with van der Waals surface area (Å²) in [6.07, 6.45) is 0.592. The number of hydrogen-bond donors (Lipinski definition) is 0. The molecule has 2 aliphatic rings. The minimum absolute atomic E-state index is 0.147. The van der Waals surface area contributed by atoms with Crippen molar-refractivity contribution in [1.29, 1.82) is 0 Å². The van der Waals surface area contributed by atoms with Gasteiger partial charge in [-0.2, -0.15) is 0 Å². The predicted octanol–water partition coefficient (Wildman–Crippen LogP) is 3.49. The fraction of sp³-hybridized carbons (Fsp3) is 0.273. The second-order valence-corrected chi connectivity index (χ2v) is 10.0. The van der Waals surface area contributed by atoms with E-state index < -0.39 is 17.2 Å². The normalized spacial score (nSPS) is 21.1. The Morgan fingerprint density at radius 1 is 1.00 bits per heavy atom. The third-order valence-corrected chi connectivity index (χ3v) is 8.21. The zero-order valence-electron chi connectivity index (χ0n) is 15.0. The average Bonchev–Trinajstić information content (AvgIpc) is 2.61. The summed E-state index contributed by atoms with van der Waals surface area (Å²) >= 11 is 0.147. The van der Waals surface area contributed by atoms with Crippen LogP contribution in [0.2, 0.25) is 4.82 Å². The number of aryl methyl sites for hydroxylation is 1. The van der Waals surface area contributed by atoms with Gasteiger partial charge < -0.3 is 0 Å². The summed E-state index contributed by atoms with van der Waals surface area (Å²) in [7, 11) is 0. The number of carbonyl (C=O) groups is 2. The molecule has 0 fully saturated rings. The molecule has 0 N–H and O–H groups in total. The van der Waals surface area contributed by atoms with Crippen LogP contribution in [0.3, 0.4) is 0 Å². The van der Waals surface area contributed by atoms with Gasteiger partial charge in [0.2, 0.25) is 0 Å². The van der Waals surface area contributed by atoms with E-state index in [1.807, 2.05) is 12.1 Å². The molecule has 3 nitrogen and oxygen atoms in total. The molecule has 0 aromatic heterocycles. The van der Waals surface area contributed by atoms with Crippen LogP contribution in [0.5, 0.6) is 0 Å². The van der Waals surface area contributed by atoms with Crippen molar-refractivity contribution in [3.05, 3.63) is 70.8 Å². The molecule has 2 aromatic carbocycles. The first kappa shape index (κ1) is 17.3. The van der Waals surface area contributed by atoms with Crippen molar-refractivity contribution in [2.24, 2.45) is 0 Å². The van der Waals surface area contributed by atoms with Gasteiger partial charge >= 0.3 is 159 Å². The maximum atomic E-state index is 12.7. The van der Waals surface area contributed by atoms with Gasteiger partial charge in [-0.1, -0.05) is 0 Å². The van der Waals surface area contributed by atoms with Crippen LogP contribution in [-0.4, -0.2) is 32.1 Å². The standard InChI is InChI=1S/C22H20O3Se/c1-13-7-6-8-14(11-13)26-18-12-17-20(24)19(23)15-9-4-5-10-16(15)21(17)25-22(18,2)3/h4-11,18H,12H2,1-3H3. The van der Waals surface area contributed by atoms with Gasteiger partial charge in [-0.25, -0.2) is 0 Å². The molecule has 2 aromatic rings. The number of benzene rings is 2. The molecule has 0 amide bonds. The Morgan fingerprint density at radius 2 is 1.73 bits per heavy atom. The summed E-state index contributed by atoms with van der Waals surface area (Å²) in [6.45, 7) is 6.26. The molecule has 0 bridgehead atoms. The van der Waals surface area contributed by atoms with E-state index in [9.17, 15) is 9.59 Å². The van der Waals surface area contributed by atoms with Gasteiger partial charge in [0, 0.05) is 0 Å². The van der Waals surface area contributed by atoms with Crippen molar-refractivity contribution in [2.75, 3.05) is 0 Å². The fourth-order valence-corrected chi connectivity index (χ4v) is 6.28. The SMILES string of the molecule is Cc1cccc([Se]C2CC3=C(OC2(C)C)c2ccccc2C(=O)C3=O)c1. The van der Waals surface area contributed by atoms with Crippen LogP contribution in [0.15, 0.2) is 54.1 Å². The molecule has 4 heteroatoms. The quantitative estimate of drug-likeness (QED) is 0.561. The van der Waals surface area contributed by atoms with Gasteiger partial charge in [-0.15, -0.1) is 0 Å². The number of rotatable bonds is 2. The maximum absolute atomic E-state index is 12.7. The molecular weight excluding hydrogens is 391 g/mol. The molecule has 132 valence electrons. The Balaban J connectivity index is 1.74. The Hall–Kier alpha value is -2.16. The summed E-state index contributed by atoms with van der Waals surface area (Å²) in [5.74, 6) is -0.213. The van der Waals surface area contributed by atoms with Crippen LogP contribution in [0.4, 0.5) is 0 Å². The van der Waals surface area contributed by atoms with Crippen molar-refractivity contribution in [3.63, 3.8) is 0 Å². The van der Waals surface area contributed by atoms with Crippen LogP contribution >= 0.6 is 0 Å². The minimum atomic E-state index is -0.413. The molecule has 0 radical (unpaired) electrons. The topological polar surface area (TPSA) is 43.4 Å². The predicted molar refractivity (Wildman–Crippen MR) is 103 cm³/mol. The van der Waals surface area contributed by atoms with Crippen molar-refractivity contribution in [2.45, 2.75) is 37.6 Å². The zero-order valence-corrected chi connectivity index (χ0v) is 16.7. The van der Waals surface area contributed by atoms with Crippen LogP contribution in [0, 0.1) is 6.92 Å². The van der Waals surface area contributed by atoms with E-state index in [1.54, 1.807) is 12.1 Å². The summed E-state index contributed by atoms with van der Waals surface area (Å²) in [5.41, 5.74) is 2.59. The number of Topliss-reactive ketones (excluding diaryl/α,β-unsaturated/α-hetero) is 2. The van der Waals surface area contributed by atoms with E-state index in [-0.39, 0.29) is 19.8 Å². The third kappa shape index (κ3) is 2.84. The van der Waals surface area contributed by atoms with Crippen LogP contribution < -0.4 is 4.46 Å². The zero-order chi connectivity index (χ0) is 18.5. The van der Waals surface area contributed by atoms with Crippen molar-refractivity contribution < 1.29 is 14.3 Å². The number of allylic oxidation sites excluding steroid dienone is 1. The number of fused-ring (bicyclic) bond motifs is 2. The van der Waals surface area contributed by atoms with Crippen molar-refractivity contribution in [3.8, 4) is 0 Å². The second kappa shape index (κ2) is 6.22. The Kier molecular flexibility index (Phi) is 4.13. The van der Waals surface area contributed by atoms with E-state index in [2.05, 4.69) is 45.0 Å². The molecule has 0 saturated carbocycles. The van der Waals surface area contributed by atoms with Crippen LogP contribution in [0.1, 0.15) is 41.8 Å². The fourth-order valence-electron chi connectivity index (χ4n) is 3.50. The van der Waals surface area contributed by atoms with Gasteiger partial charge in [0.1, 0.15) is 0 Å². The summed E-state index contributed by atoms with van der Waals surface area (Å²) in [5, 5.41) is 0. The Bertz CT molecular complexity index is 955. The Labute approximate surface area is 159 Å². The van der Waals surface area contributed by atoms with E-state index in [0.717, 1.165) is 5.56 Å². The van der Waals surface area contributed by atoms with Gasteiger partial charge in [0.15, 0.2) is 0 Å². The van der Waals surface area contributed by atoms with Crippen LogP contribution in [-0.2, 0) is 9.53 Å². The van der Waals surface area contributed by atoms with E-state index >= 15 is 0 Å². The molecule has 1 heterocycles. The first-order valence-electron chi connectivity index (χ1n) is 8.71. The second-order valence-electron chi connectivity index (χ2n) is 7.34. The summed E-state index contributed by atoms with van der Waals surface area (Å²) in [6, 6.07) is 15.7. The molecule has 1 aliphatic heterocycles. The number of carbonyl (C=O) groups excluding carboxylic acids is 2. The monoisotopic (exact) mass is 412 g/mol. The van der Waals surface area contributed by atoms with Gasteiger partial charge in [-0.05, 0) is 0 Å². The average molecular weight is 411 g/mol. The molecule has 1 aliphatic carbocycles. The van der Waals surface area contributed by atoms with Crippen molar-refractivity contribution >= 4 is 36.7 Å². The third-order valence-electron chi connectivity index (χ3n) is 4.97. The van der Waals surface area contributed by atoms with Gasteiger partial charge in [0.05, 0.1) is 0 Å². The molecule has 1 atom stereocenters. The molecule has 26 heavy (non-hydrogen) atoms. The first-order valence-corrected chi connectivity index (χ1v) is 10.6. The number of ether oxygens (including phenoxy) is 1. The van der Waals surface area contributed by atoms with E-state index in [4.69, 9.17) is 4.74 Å². The number of hydrogen-bond acceptors (Lipinski definition) is 3. The summed E-state index contributed by atoms with van der Waals surface area (Å²) < 4.78 is 7.65. The number of ketones is 2. The first-order chi connectivity index (χ1) is 12.4. The summed E-state index contributed by atoms with van der Waals surface area (Å²) in [4.78, 5) is 25.4. The molecule has 0 saturated heterocycles. The Morgan fingerprint density at radius 3 is 2.46 bits per heavy atom. The van der Waals surface area contributed by atoms with Crippen molar-refractivity contribution in [1.82, 2.24) is 0 Å². The van der Waals surface area contributed by atoms with Crippen LogP contribution in [0.25, 0.3) is 5.76 Å².